The maximum absolute atomic E-state index is 2.49. The quantitative estimate of drug-likeness (QED) is 0.504. The molecule has 2 heteroatoms. The Balaban J connectivity index is 0.000001000. The summed E-state index contributed by atoms with van der Waals surface area (Å²) in [7, 11) is -0.491. The maximum Gasteiger partial charge on any atom is 0.0689 e. The van der Waals surface area contributed by atoms with Crippen LogP contribution < -0.4 is 4.70 Å². The molecule has 1 fully saturated rings. The van der Waals surface area contributed by atoms with Crippen LogP contribution in [-0.2, 0) is 0 Å². The van der Waals surface area contributed by atoms with Gasteiger partial charge in [0, 0.05) is 27.3 Å². The highest BCUT2D eigenvalue weighted by atomic mass is 31.2. The molecule has 68 valence electrons. The molecule has 0 aromatic carbocycles. The average molecular weight is 178 g/mol. The first-order valence-electron chi connectivity index (χ1n) is 4.42. The van der Waals surface area contributed by atoms with Gasteiger partial charge >= 0.3 is 0 Å². The molecule has 0 aliphatic heterocycles. The predicted octanol–water partition coefficient (Wildman–Crippen LogP) is 0.230. The van der Waals surface area contributed by atoms with Crippen LogP contribution in [-0.4, -0.2) is 25.7 Å². The van der Waals surface area contributed by atoms with Gasteiger partial charge < -0.3 is 4.70 Å². The Kier molecular flexibility index (Phi) is 4.55. The Morgan fingerprint density at radius 3 is 1.64 bits per heavy atom. The summed E-state index contributed by atoms with van der Waals surface area (Å²) >= 11 is 0. The van der Waals surface area contributed by atoms with Gasteiger partial charge in [0.15, 0.2) is 0 Å². The topological polar surface area (TPSA) is 0 Å². The fourth-order valence-electron chi connectivity index (χ4n) is 1.86. The van der Waals surface area contributed by atoms with Crippen LogP contribution >= 0.6 is 7.26 Å². The van der Waals surface area contributed by atoms with Gasteiger partial charge in [-0.25, -0.2) is 0 Å². The van der Waals surface area contributed by atoms with Gasteiger partial charge in [-0.2, -0.15) is 0 Å². The van der Waals surface area contributed by atoms with E-state index in [2.05, 4.69) is 20.0 Å². The van der Waals surface area contributed by atoms with Gasteiger partial charge in [-0.3, -0.25) is 0 Å². The van der Waals surface area contributed by atoms with Crippen molar-refractivity contribution in [2.75, 3.05) is 20.0 Å². The van der Waals surface area contributed by atoms with E-state index in [0.717, 1.165) is 5.66 Å². The lowest BCUT2D eigenvalue weighted by Gasteiger charge is -2.27. The van der Waals surface area contributed by atoms with Crippen LogP contribution in [0.2, 0.25) is 0 Å². The lowest BCUT2D eigenvalue weighted by molar-refractivity contribution is -0.00000242. The molecular formula is C9H20FP. The van der Waals surface area contributed by atoms with Gasteiger partial charge in [-0.1, -0.05) is 6.42 Å². The normalized spacial score (nSPS) is 21.0. The molecule has 1 saturated carbocycles. The van der Waals surface area contributed by atoms with Gasteiger partial charge in [0.25, 0.3) is 0 Å². The highest BCUT2D eigenvalue weighted by Crippen LogP contribution is 2.56. The fraction of sp³-hybridized carbons (Fsp3) is 1.00. The van der Waals surface area contributed by atoms with Crippen LogP contribution in [0.1, 0.15) is 32.1 Å². The molecule has 0 bridgehead atoms. The zero-order chi connectivity index (χ0) is 7.61. The Labute approximate surface area is 70.5 Å². The van der Waals surface area contributed by atoms with Crippen LogP contribution in [0.3, 0.4) is 0 Å². The first-order chi connectivity index (χ1) is 4.61. The molecule has 0 saturated heterocycles. The van der Waals surface area contributed by atoms with Gasteiger partial charge in [-0.15, -0.1) is 0 Å². The summed E-state index contributed by atoms with van der Waals surface area (Å²) < 4.78 is 0. The number of hydrogen-bond donors (Lipinski definition) is 0. The lowest BCUT2D eigenvalue weighted by Crippen LogP contribution is -3.00. The molecular weight excluding hydrogens is 158 g/mol. The summed E-state index contributed by atoms with van der Waals surface area (Å²) in [6, 6.07) is 0. The monoisotopic (exact) mass is 178 g/mol. The van der Waals surface area contributed by atoms with E-state index in [4.69, 9.17) is 0 Å². The van der Waals surface area contributed by atoms with Crippen LogP contribution in [0.5, 0.6) is 0 Å². The van der Waals surface area contributed by atoms with Crippen molar-refractivity contribution in [3.63, 3.8) is 0 Å². The molecule has 0 amide bonds. The third-order valence-corrected chi connectivity index (χ3v) is 5.38. The molecule has 1 aliphatic carbocycles. The van der Waals surface area contributed by atoms with Crippen molar-refractivity contribution < 1.29 is 4.70 Å². The van der Waals surface area contributed by atoms with Crippen molar-refractivity contribution in [2.24, 2.45) is 0 Å². The van der Waals surface area contributed by atoms with E-state index < -0.39 is 7.26 Å². The Bertz CT molecular complexity index is 101. The molecule has 1 aliphatic rings. The molecule has 0 spiro atoms. The minimum absolute atomic E-state index is 0. The van der Waals surface area contributed by atoms with Crippen molar-refractivity contribution in [1.29, 1.82) is 0 Å². The first-order valence-corrected chi connectivity index (χ1v) is 7.62. The van der Waals surface area contributed by atoms with Crippen molar-refractivity contribution >= 4 is 7.26 Å². The molecule has 0 aromatic rings. The van der Waals surface area contributed by atoms with E-state index in [9.17, 15) is 0 Å². The lowest BCUT2D eigenvalue weighted by atomic mass is 10.0. The van der Waals surface area contributed by atoms with Gasteiger partial charge in [0.05, 0.1) is 5.66 Å². The molecule has 0 radical (unpaired) electrons. The van der Waals surface area contributed by atoms with Gasteiger partial charge in [-0.05, 0) is 25.7 Å². The SMILES string of the molecule is C[P+](C)(C)C1CCCCC1.[F-]. The van der Waals surface area contributed by atoms with Crippen molar-refractivity contribution in [2.45, 2.75) is 37.8 Å². The number of hydrogen-bond acceptors (Lipinski definition) is 0. The molecule has 0 atom stereocenters. The number of rotatable bonds is 1. The molecule has 0 aromatic heterocycles. The average Bonchev–Trinajstić information content (AvgIpc) is 1.88. The number of halogens is 1. The molecule has 11 heavy (non-hydrogen) atoms. The van der Waals surface area contributed by atoms with Crippen LogP contribution in [0, 0.1) is 0 Å². The van der Waals surface area contributed by atoms with Crippen LogP contribution in [0.15, 0.2) is 0 Å². The summed E-state index contributed by atoms with van der Waals surface area (Å²) in [6.45, 7) is 7.47. The highest BCUT2D eigenvalue weighted by Gasteiger charge is 2.31. The smallest absolute Gasteiger partial charge is 0.0689 e. The van der Waals surface area contributed by atoms with Crippen molar-refractivity contribution in [3.8, 4) is 0 Å². The van der Waals surface area contributed by atoms with E-state index in [1.165, 1.54) is 32.1 Å². The minimum Gasteiger partial charge on any atom is -1.00 e. The highest BCUT2D eigenvalue weighted by molar-refractivity contribution is 7.74. The zero-order valence-electron chi connectivity index (χ0n) is 7.94. The third-order valence-electron chi connectivity index (χ3n) is 2.67. The summed E-state index contributed by atoms with van der Waals surface area (Å²) in [6.07, 6.45) is 7.55. The zero-order valence-corrected chi connectivity index (χ0v) is 8.83. The fourth-order valence-corrected chi connectivity index (χ4v) is 3.77. The van der Waals surface area contributed by atoms with E-state index in [-0.39, 0.29) is 4.70 Å². The second-order valence-electron chi connectivity index (χ2n) is 4.41. The largest absolute Gasteiger partial charge is 1.00 e. The molecule has 1 rings (SSSR count). The molecule has 0 nitrogen and oxygen atoms in total. The maximum atomic E-state index is 2.49. The second kappa shape index (κ2) is 4.40. The van der Waals surface area contributed by atoms with E-state index in [1.54, 1.807) is 0 Å². The Hall–Kier alpha value is 0.360. The van der Waals surface area contributed by atoms with E-state index in [0.29, 0.717) is 0 Å². The molecule has 0 heterocycles. The minimum atomic E-state index is -0.491. The van der Waals surface area contributed by atoms with E-state index in [1.807, 2.05) is 0 Å². The first kappa shape index (κ1) is 11.4. The summed E-state index contributed by atoms with van der Waals surface area (Å²) in [5, 5.41) is 0. The molecule has 0 unspecified atom stereocenters. The van der Waals surface area contributed by atoms with Crippen molar-refractivity contribution in [3.05, 3.63) is 0 Å². The Morgan fingerprint density at radius 1 is 0.909 bits per heavy atom. The van der Waals surface area contributed by atoms with E-state index >= 15 is 0 Å². The summed E-state index contributed by atoms with van der Waals surface area (Å²) in [5.74, 6) is 0. The standard InChI is InChI=1S/C9H20P.FH/c1-10(2,3)9-7-5-4-6-8-9;/h9H,4-8H2,1-3H3;1H/q+1;/p-1. The van der Waals surface area contributed by atoms with Crippen LogP contribution in [0.25, 0.3) is 0 Å². The molecule has 0 N–H and O–H groups in total. The predicted molar refractivity (Wildman–Crippen MR) is 51.6 cm³/mol. The third kappa shape index (κ3) is 3.51. The summed E-state index contributed by atoms with van der Waals surface area (Å²) in [5.41, 5.74) is 1.11. The second-order valence-corrected chi connectivity index (χ2v) is 9.37. The van der Waals surface area contributed by atoms with Gasteiger partial charge in [0.1, 0.15) is 0 Å². The summed E-state index contributed by atoms with van der Waals surface area (Å²) in [4.78, 5) is 0. The Morgan fingerprint density at radius 2 is 1.36 bits per heavy atom. The van der Waals surface area contributed by atoms with Crippen molar-refractivity contribution in [1.82, 2.24) is 0 Å². The van der Waals surface area contributed by atoms with Gasteiger partial charge in [0.2, 0.25) is 0 Å². The van der Waals surface area contributed by atoms with Crippen LogP contribution in [0.4, 0.5) is 0 Å².